The Hall–Kier alpha value is -3.35. The van der Waals surface area contributed by atoms with Crippen molar-refractivity contribution in [2.45, 2.75) is 13.3 Å². The normalized spacial score (nSPS) is 16.3. The van der Waals surface area contributed by atoms with Crippen LogP contribution in [0.25, 0.3) is 0 Å². The minimum atomic E-state index is -0.967. The van der Waals surface area contributed by atoms with Crippen molar-refractivity contribution in [2.24, 2.45) is 5.92 Å². The molecule has 0 bridgehead atoms. The lowest BCUT2D eigenvalue weighted by Crippen LogP contribution is -2.25. The number of carbonyl (C=O) groups is 3. The molecular formula is C20H20N2O5. The van der Waals surface area contributed by atoms with Crippen molar-refractivity contribution >= 4 is 29.2 Å². The number of anilines is 2. The van der Waals surface area contributed by atoms with E-state index in [-0.39, 0.29) is 31.4 Å². The molecule has 1 aliphatic heterocycles. The largest absolute Gasteiger partial charge is 0.484 e. The third-order valence-corrected chi connectivity index (χ3v) is 4.33. The molecule has 2 aromatic carbocycles. The van der Waals surface area contributed by atoms with Crippen LogP contribution in [0.1, 0.15) is 12.0 Å². The molecule has 1 saturated heterocycles. The maximum Gasteiger partial charge on any atom is 0.308 e. The summed E-state index contributed by atoms with van der Waals surface area (Å²) in [6.45, 7) is 1.99. The van der Waals surface area contributed by atoms with Gasteiger partial charge in [-0.15, -0.1) is 0 Å². The Morgan fingerprint density at radius 2 is 1.81 bits per heavy atom. The molecule has 1 heterocycles. The van der Waals surface area contributed by atoms with Crippen LogP contribution >= 0.6 is 0 Å². The molecule has 0 saturated carbocycles. The smallest absolute Gasteiger partial charge is 0.308 e. The molecule has 0 radical (unpaired) electrons. The summed E-state index contributed by atoms with van der Waals surface area (Å²) in [7, 11) is 0. The Morgan fingerprint density at radius 1 is 1.15 bits per heavy atom. The van der Waals surface area contributed by atoms with Crippen LogP contribution in [0.5, 0.6) is 5.75 Å². The molecule has 7 nitrogen and oxygen atoms in total. The summed E-state index contributed by atoms with van der Waals surface area (Å²) in [5.74, 6) is -1.65. The topological polar surface area (TPSA) is 95.9 Å². The minimum Gasteiger partial charge on any atom is -0.484 e. The Kier molecular flexibility index (Phi) is 5.40. The Labute approximate surface area is 156 Å². The predicted octanol–water partition coefficient (Wildman–Crippen LogP) is 2.45. The molecule has 1 fully saturated rings. The van der Waals surface area contributed by atoms with E-state index in [0.29, 0.717) is 17.1 Å². The highest BCUT2D eigenvalue weighted by molar-refractivity contribution is 5.99. The molecule has 2 aromatic rings. The predicted molar refractivity (Wildman–Crippen MR) is 99.8 cm³/mol. The molecule has 0 unspecified atom stereocenters. The number of carbonyl (C=O) groups excluding carboxylic acids is 2. The van der Waals surface area contributed by atoms with Gasteiger partial charge in [0.1, 0.15) is 5.75 Å². The number of nitrogens with one attached hydrogen (secondary N) is 1. The zero-order valence-electron chi connectivity index (χ0n) is 14.8. The number of hydrogen-bond acceptors (Lipinski definition) is 4. The minimum absolute atomic E-state index is 0.00671. The first-order valence-electron chi connectivity index (χ1n) is 8.55. The molecule has 7 heteroatoms. The summed E-state index contributed by atoms with van der Waals surface area (Å²) >= 11 is 0. The maximum atomic E-state index is 12.0. The molecular weight excluding hydrogens is 348 g/mol. The van der Waals surface area contributed by atoms with Gasteiger partial charge in [-0.25, -0.2) is 0 Å². The van der Waals surface area contributed by atoms with Crippen molar-refractivity contribution in [3.05, 3.63) is 54.1 Å². The standard InChI is InChI=1S/C20H20N2O5/c1-13-2-4-15(5-3-13)21-18(23)12-27-17-8-6-16(7-9-17)22-11-14(20(25)26)10-19(22)24/h2-9,14H,10-12H2,1H3,(H,21,23)(H,25,26)/t14-/m1/s1. The number of amides is 2. The number of rotatable bonds is 6. The number of benzene rings is 2. The first-order valence-corrected chi connectivity index (χ1v) is 8.55. The van der Waals surface area contributed by atoms with Crippen molar-refractivity contribution in [1.29, 1.82) is 0 Å². The van der Waals surface area contributed by atoms with E-state index in [1.54, 1.807) is 24.3 Å². The molecule has 27 heavy (non-hydrogen) atoms. The Bertz CT molecular complexity index is 846. The van der Waals surface area contributed by atoms with Crippen LogP contribution in [-0.4, -0.2) is 36.0 Å². The van der Waals surface area contributed by atoms with Crippen molar-refractivity contribution < 1.29 is 24.2 Å². The summed E-state index contributed by atoms with van der Waals surface area (Å²) in [6, 6.07) is 14.1. The van der Waals surface area contributed by atoms with Gasteiger partial charge in [-0.3, -0.25) is 14.4 Å². The van der Waals surface area contributed by atoms with E-state index in [1.165, 1.54) is 4.90 Å². The average Bonchev–Trinajstić information content (AvgIpc) is 3.04. The molecule has 0 aliphatic carbocycles. The van der Waals surface area contributed by atoms with Gasteiger partial charge in [0, 0.05) is 24.3 Å². The van der Waals surface area contributed by atoms with E-state index >= 15 is 0 Å². The summed E-state index contributed by atoms with van der Waals surface area (Å²) in [6.07, 6.45) is 0.00671. The molecule has 140 valence electrons. The number of ether oxygens (including phenoxy) is 1. The maximum absolute atomic E-state index is 12.0. The molecule has 3 rings (SSSR count). The lowest BCUT2D eigenvalue weighted by Gasteiger charge is -2.16. The van der Waals surface area contributed by atoms with Crippen LogP contribution in [0.2, 0.25) is 0 Å². The van der Waals surface area contributed by atoms with Gasteiger partial charge in [0.15, 0.2) is 6.61 Å². The molecule has 2 amide bonds. The fraction of sp³-hybridized carbons (Fsp3) is 0.250. The van der Waals surface area contributed by atoms with E-state index in [1.807, 2.05) is 31.2 Å². The van der Waals surface area contributed by atoms with Gasteiger partial charge in [0.05, 0.1) is 5.92 Å². The van der Waals surface area contributed by atoms with Gasteiger partial charge in [-0.2, -0.15) is 0 Å². The Balaban J connectivity index is 1.53. The molecule has 1 aliphatic rings. The molecule has 0 aromatic heterocycles. The van der Waals surface area contributed by atoms with Crippen LogP contribution in [0.15, 0.2) is 48.5 Å². The molecule has 2 N–H and O–H groups in total. The van der Waals surface area contributed by atoms with Crippen LogP contribution < -0.4 is 15.0 Å². The molecule has 1 atom stereocenters. The second-order valence-electron chi connectivity index (χ2n) is 6.44. The van der Waals surface area contributed by atoms with E-state index < -0.39 is 11.9 Å². The lowest BCUT2D eigenvalue weighted by atomic mass is 10.1. The number of nitrogens with zero attached hydrogens (tertiary/aromatic N) is 1. The van der Waals surface area contributed by atoms with Crippen LogP contribution in [0.4, 0.5) is 11.4 Å². The van der Waals surface area contributed by atoms with Gasteiger partial charge >= 0.3 is 5.97 Å². The zero-order chi connectivity index (χ0) is 19.4. The first-order chi connectivity index (χ1) is 12.9. The van der Waals surface area contributed by atoms with Gasteiger partial charge in [-0.1, -0.05) is 17.7 Å². The lowest BCUT2D eigenvalue weighted by molar-refractivity contribution is -0.141. The summed E-state index contributed by atoms with van der Waals surface area (Å²) < 4.78 is 5.46. The van der Waals surface area contributed by atoms with Crippen LogP contribution in [-0.2, 0) is 14.4 Å². The van der Waals surface area contributed by atoms with E-state index in [0.717, 1.165) is 5.56 Å². The SMILES string of the molecule is Cc1ccc(NC(=O)COc2ccc(N3C[C@H](C(=O)O)CC3=O)cc2)cc1. The van der Waals surface area contributed by atoms with Crippen molar-refractivity contribution in [2.75, 3.05) is 23.4 Å². The van der Waals surface area contributed by atoms with Crippen molar-refractivity contribution in [1.82, 2.24) is 0 Å². The van der Waals surface area contributed by atoms with Gasteiger partial charge in [0.25, 0.3) is 5.91 Å². The van der Waals surface area contributed by atoms with Crippen molar-refractivity contribution in [3.63, 3.8) is 0 Å². The highest BCUT2D eigenvalue weighted by atomic mass is 16.5. The fourth-order valence-electron chi connectivity index (χ4n) is 2.83. The van der Waals surface area contributed by atoms with E-state index in [4.69, 9.17) is 9.84 Å². The third-order valence-electron chi connectivity index (χ3n) is 4.33. The highest BCUT2D eigenvalue weighted by Gasteiger charge is 2.34. The summed E-state index contributed by atoms with van der Waals surface area (Å²) in [5, 5.41) is 11.8. The van der Waals surface area contributed by atoms with Gasteiger partial charge in [0.2, 0.25) is 5.91 Å². The van der Waals surface area contributed by atoms with E-state index in [9.17, 15) is 14.4 Å². The quantitative estimate of drug-likeness (QED) is 0.816. The zero-order valence-corrected chi connectivity index (χ0v) is 14.8. The number of aryl methyl sites for hydroxylation is 1. The third kappa shape index (κ3) is 4.63. The van der Waals surface area contributed by atoms with E-state index in [2.05, 4.69) is 5.32 Å². The monoisotopic (exact) mass is 368 g/mol. The van der Waals surface area contributed by atoms with Crippen LogP contribution in [0, 0.1) is 12.8 Å². The second-order valence-corrected chi connectivity index (χ2v) is 6.44. The summed E-state index contributed by atoms with van der Waals surface area (Å²) in [5.41, 5.74) is 2.42. The average molecular weight is 368 g/mol. The number of aliphatic carboxylic acids is 1. The van der Waals surface area contributed by atoms with Gasteiger partial charge in [-0.05, 0) is 43.3 Å². The number of hydrogen-bond donors (Lipinski definition) is 2. The number of carboxylic acids is 1. The second kappa shape index (κ2) is 7.90. The van der Waals surface area contributed by atoms with Crippen molar-refractivity contribution in [3.8, 4) is 5.75 Å². The first kappa shape index (κ1) is 18.4. The molecule has 0 spiro atoms. The summed E-state index contributed by atoms with van der Waals surface area (Å²) in [4.78, 5) is 36.4. The fourth-order valence-corrected chi connectivity index (χ4v) is 2.83. The highest BCUT2D eigenvalue weighted by Crippen LogP contribution is 2.27. The Morgan fingerprint density at radius 3 is 2.41 bits per heavy atom. The number of carboxylic acid groups (broad SMARTS) is 1. The van der Waals surface area contributed by atoms with Gasteiger partial charge < -0.3 is 20.1 Å². The van der Waals surface area contributed by atoms with Crippen LogP contribution in [0.3, 0.4) is 0 Å².